The van der Waals surface area contributed by atoms with Crippen molar-refractivity contribution in [2.45, 2.75) is 6.04 Å². The molecule has 1 unspecified atom stereocenters. The van der Waals surface area contributed by atoms with Gasteiger partial charge in [-0.3, -0.25) is 4.79 Å². The normalized spacial score (nSPS) is 11.7. The number of hydrogen-bond acceptors (Lipinski definition) is 3. The fourth-order valence-electron chi connectivity index (χ4n) is 2.53. The lowest BCUT2D eigenvalue weighted by Crippen LogP contribution is -2.02. The lowest BCUT2D eigenvalue weighted by molar-refractivity contribution is 0.103. The van der Waals surface area contributed by atoms with Gasteiger partial charge in [0.2, 0.25) is 0 Å². The standard InChI is InChI=1S/C20H14FNO2/c21-18-12-10-15(11-13-18)19(22-24)14-6-8-17(9-7-14)20(23)16-4-2-1-3-5-16/h1-13,19H. The molecule has 0 radical (unpaired) electrons. The number of ketones is 1. The Hall–Kier alpha value is -3.14. The van der Waals surface area contributed by atoms with Crippen molar-refractivity contribution in [3.8, 4) is 0 Å². The quantitative estimate of drug-likeness (QED) is 0.495. The SMILES string of the molecule is O=NC(c1ccc(F)cc1)c1ccc(C(=O)c2ccccc2)cc1. The number of carbonyl (C=O) groups is 1. The lowest BCUT2D eigenvalue weighted by Gasteiger charge is -2.10. The molecule has 0 aliphatic heterocycles. The maximum absolute atomic E-state index is 13.0. The van der Waals surface area contributed by atoms with E-state index in [1.54, 1.807) is 36.4 Å². The number of nitrogens with zero attached hydrogens (tertiary/aromatic N) is 1. The first kappa shape index (κ1) is 15.7. The van der Waals surface area contributed by atoms with E-state index >= 15 is 0 Å². The maximum atomic E-state index is 13.0. The van der Waals surface area contributed by atoms with Gasteiger partial charge in [-0.1, -0.05) is 71.9 Å². The van der Waals surface area contributed by atoms with Gasteiger partial charge in [-0.25, -0.2) is 4.39 Å². The van der Waals surface area contributed by atoms with Crippen molar-refractivity contribution in [3.63, 3.8) is 0 Å². The number of hydrogen-bond donors (Lipinski definition) is 0. The van der Waals surface area contributed by atoms with Gasteiger partial charge in [0, 0.05) is 11.1 Å². The Balaban J connectivity index is 1.86. The van der Waals surface area contributed by atoms with Gasteiger partial charge in [-0.15, -0.1) is 4.91 Å². The first-order valence-electron chi connectivity index (χ1n) is 7.46. The molecule has 118 valence electrons. The van der Waals surface area contributed by atoms with E-state index in [1.807, 2.05) is 18.2 Å². The van der Waals surface area contributed by atoms with Crippen LogP contribution >= 0.6 is 0 Å². The van der Waals surface area contributed by atoms with E-state index in [-0.39, 0.29) is 11.6 Å². The van der Waals surface area contributed by atoms with Crippen LogP contribution < -0.4 is 0 Å². The van der Waals surface area contributed by atoms with Crippen molar-refractivity contribution in [1.82, 2.24) is 0 Å². The summed E-state index contributed by atoms with van der Waals surface area (Å²) in [6.07, 6.45) is 0. The topological polar surface area (TPSA) is 46.5 Å². The summed E-state index contributed by atoms with van der Waals surface area (Å²) in [4.78, 5) is 23.6. The molecule has 0 saturated heterocycles. The zero-order valence-electron chi connectivity index (χ0n) is 12.7. The Kier molecular flexibility index (Phi) is 4.57. The molecule has 0 saturated carbocycles. The number of halogens is 1. The minimum absolute atomic E-state index is 0.0838. The zero-order valence-corrected chi connectivity index (χ0v) is 12.7. The highest BCUT2D eigenvalue weighted by Gasteiger charge is 2.16. The summed E-state index contributed by atoms with van der Waals surface area (Å²) in [5.74, 6) is -0.452. The Morgan fingerprint density at radius 3 is 1.79 bits per heavy atom. The van der Waals surface area contributed by atoms with E-state index in [4.69, 9.17) is 0 Å². The van der Waals surface area contributed by atoms with E-state index in [0.29, 0.717) is 22.3 Å². The Bertz CT molecular complexity index is 843. The molecule has 4 heteroatoms. The maximum Gasteiger partial charge on any atom is 0.193 e. The highest BCUT2D eigenvalue weighted by molar-refractivity contribution is 6.08. The zero-order chi connectivity index (χ0) is 16.9. The molecule has 24 heavy (non-hydrogen) atoms. The molecule has 3 aromatic carbocycles. The van der Waals surface area contributed by atoms with Gasteiger partial charge in [0.25, 0.3) is 0 Å². The minimum atomic E-state index is -0.730. The monoisotopic (exact) mass is 319 g/mol. The van der Waals surface area contributed by atoms with Crippen LogP contribution in [0.5, 0.6) is 0 Å². The highest BCUT2D eigenvalue weighted by Crippen LogP contribution is 2.26. The number of nitroso groups, excluding NO2 is 1. The van der Waals surface area contributed by atoms with Crippen molar-refractivity contribution in [2.75, 3.05) is 0 Å². The van der Waals surface area contributed by atoms with Crippen molar-refractivity contribution < 1.29 is 9.18 Å². The summed E-state index contributed by atoms with van der Waals surface area (Å²) in [5.41, 5.74) is 2.40. The van der Waals surface area contributed by atoms with Crippen molar-refractivity contribution in [2.24, 2.45) is 5.18 Å². The van der Waals surface area contributed by atoms with Gasteiger partial charge in [0.15, 0.2) is 5.78 Å². The minimum Gasteiger partial charge on any atom is -0.289 e. The first-order chi connectivity index (χ1) is 11.7. The molecule has 0 amide bonds. The van der Waals surface area contributed by atoms with Crippen LogP contribution in [0, 0.1) is 10.7 Å². The van der Waals surface area contributed by atoms with Crippen molar-refractivity contribution in [3.05, 3.63) is 112 Å². The lowest BCUT2D eigenvalue weighted by atomic mass is 9.96. The summed E-state index contributed by atoms with van der Waals surface area (Å²) in [7, 11) is 0. The van der Waals surface area contributed by atoms with E-state index in [0.717, 1.165) is 0 Å². The van der Waals surface area contributed by atoms with Gasteiger partial charge >= 0.3 is 0 Å². The molecule has 3 aromatic rings. The van der Waals surface area contributed by atoms with Gasteiger partial charge < -0.3 is 0 Å². The second kappa shape index (κ2) is 6.96. The molecule has 0 aliphatic carbocycles. The molecular weight excluding hydrogens is 305 g/mol. The third kappa shape index (κ3) is 3.27. The van der Waals surface area contributed by atoms with E-state index < -0.39 is 6.04 Å². The number of carbonyl (C=O) groups excluding carboxylic acids is 1. The summed E-state index contributed by atoms with van der Waals surface area (Å²) in [5, 5.41) is 3.13. The Labute approximate surface area is 138 Å². The summed E-state index contributed by atoms with van der Waals surface area (Å²) in [6, 6.07) is 20.6. The summed E-state index contributed by atoms with van der Waals surface area (Å²) in [6.45, 7) is 0. The second-order valence-corrected chi connectivity index (χ2v) is 5.38. The predicted molar refractivity (Wildman–Crippen MR) is 90.4 cm³/mol. The fourth-order valence-corrected chi connectivity index (χ4v) is 2.53. The molecule has 0 fully saturated rings. The van der Waals surface area contributed by atoms with Crippen LogP contribution in [0.25, 0.3) is 0 Å². The van der Waals surface area contributed by atoms with Crippen LogP contribution in [0.15, 0.2) is 84.0 Å². The molecule has 0 N–H and O–H groups in total. The van der Waals surface area contributed by atoms with E-state index in [1.165, 1.54) is 24.3 Å². The van der Waals surface area contributed by atoms with Crippen LogP contribution in [0.4, 0.5) is 4.39 Å². The predicted octanol–water partition coefficient (Wildman–Crippen LogP) is 4.91. The molecule has 0 aromatic heterocycles. The van der Waals surface area contributed by atoms with Gasteiger partial charge in [0.1, 0.15) is 11.9 Å². The van der Waals surface area contributed by atoms with Crippen molar-refractivity contribution in [1.29, 1.82) is 0 Å². The van der Waals surface area contributed by atoms with Crippen molar-refractivity contribution >= 4 is 5.78 Å². The molecule has 0 aliphatic rings. The van der Waals surface area contributed by atoms with Crippen LogP contribution in [0.2, 0.25) is 0 Å². The third-order valence-electron chi connectivity index (χ3n) is 3.82. The average molecular weight is 319 g/mol. The molecular formula is C20H14FNO2. The number of benzene rings is 3. The van der Waals surface area contributed by atoms with Crippen LogP contribution in [0.1, 0.15) is 33.1 Å². The van der Waals surface area contributed by atoms with Gasteiger partial charge in [-0.05, 0) is 23.3 Å². The third-order valence-corrected chi connectivity index (χ3v) is 3.82. The molecule has 3 rings (SSSR count). The second-order valence-electron chi connectivity index (χ2n) is 5.38. The number of rotatable bonds is 5. The van der Waals surface area contributed by atoms with Gasteiger partial charge in [-0.2, -0.15) is 0 Å². The molecule has 1 atom stereocenters. The first-order valence-corrected chi connectivity index (χ1v) is 7.46. The van der Waals surface area contributed by atoms with Gasteiger partial charge in [0.05, 0.1) is 0 Å². The molecule has 3 nitrogen and oxygen atoms in total. The molecule has 0 bridgehead atoms. The van der Waals surface area contributed by atoms with E-state index in [9.17, 15) is 14.1 Å². The highest BCUT2D eigenvalue weighted by atomic mass is 19.1. The smallest absolute Gasteiger partial charge is 0.193 e. The molecule has 0 spiro atoms. The average Bonchev–Trinajstić information content (AvgIpc) is 2.64. The van der Waals surface area contributed by atoms with E-state index in [2.05, 4.69) is 5.18 Å². The largest absolute Gasteiger partial charge is 0.289 e. The summed E-state index contributed by atoms with van der Waals surface area (Å²) < 4.78 is 13.0. The Morgan fingerprint density at radius 1 is 0.750 bits per heavy atom. The van der Waals surface area contributed by atoms with Crippen LogP contribution in [0.3, 0.4) is 0 Å². The molecule has 0 heterocycles. The van der Waals surface area contributed by atoms with Crippen LogP contribution in [-0.2, 0) is 0 Å². The fraction of sp³-hybridized carbons (Fsp3) is 0.0500. The van der Waals surface area contributed by atoms with Crippen LogP contribution in [-0.4, -0.2) is 5.78 Å². The Morgan fingerprint density at radius 2 is 1.25 bits per heavy atom. The summed E-state index contributed by atoms with van der Waals surface area (Å²) >= 11 is 0.